The summed E-state index contributed by atoms with van der Waals surface area (Å²) in [5.74, 6) is 0.0591. The monoisotopic (exact) mass is 243 g/mol. The Morgan fingerprint density at radius 3 is 2.89 bits per heavy atom. The normalized spacial score (nSPS) is 20.1. The number of nitrogens with one attached hydrogen (secondary N) is 2. The van der Waals surface area contributed by atoms with Crippen LogP contribution in [0.5, 0.6) is 0 Å². The van der Waals surface area contributed by atoms with Crippen LogP contribution in [-0.2, 0) is 11.8 Å². The van der Waals surface area contributed by atoms with Gasteiger partial charge in [-0.05, 0) is 30.0 Å². The molecule has 94 valence electrons. The van der Waals surface area contributed by atoms with E-state index >= 15 is 0 Å². The maximum atomic E-state index is 11.9. The molecule has 0 radical (unpaired) electrons. The van der Waals surface area contributed by atoms with E-state index in [-0.39, 0.29) is 11.9 Å². The Bertz CT molecular complexity index is 615. The standard InChI is InChI=1S/C14H17N3O/c1-9-3-4-10-8-12(17(2)11(10)7-9)13-14(18)16-6-5-15-13/h3-4,7-8,13,15H,5-6H2,1-2H3,(H,16,18). The topological polar surface area (TPSA) is 46.1 Å². The van der Waals surface area contributed by atoms with Crippen molar-refractivity contribution >= 4 is 16.8 Å². The number of hydrogen-bond donors (Lipinski definition) is 2. The molecule has 18 heavy (non-hydrogen) atoms. The highest BCUT2D eigenvalue weighted by molar-refractivity contribution is 5.88. The zero-order valence-electron chi connectivity index (χ0n) is 10.7. The van der Waals surface area contributed by atoms with Crippen LogP contribution in [0.15, 0.2) is 24.3 Å². The fourth-order valence-electron chi connectivity index (χ4n) is 2.57. The first-order chi connectivity index (χ1) is 8.66. The molecule has 1 aliphatic rings. The average Bonchev–Trinajstić information content (AvgIpc) is 2.68. The molecule has 1 unspecified atom stereocenters. The number of aryl methyl sites for hydroxylation is 2. The Morgan fingerprint density at radius 2 is 2.11 bits per heavy atom. The van der Waals surface area contributed by atoms with Crippen molar-refractivity contribution in [2.45, 2.75) is 13.0 Å². The van der Waals surface area contributed by atoms with E-state index in [4.69, 9.17) is 0 Å². The summed E-state index contributed by atoms with van der Waals surface area (Å²) in [6.07, 6.45) is 0. The van der Waals surface area contributed by atoms with E-state index in [0.717, 1.165) is 12.2 Å². The van der Waals surface area contributed by atoms with Crippen LogP contribution in [0.25, 0.3) is 10.9 Å². The van der Waals surface area contributed by atoms with Crippen molar-refractivity contribution in [2.24, 2.45) is 7.05 Å². The second-order valence-corrected chi connectivity index (χ2v) is 4.87. The molecule has 1 aliphatic heterocycles. The molecule has 1 fully saturated rings. The largest absolute Gasteiger partial charge is 0.353 e. The number of rotatable bonds is 1. The van der Waals surface area contributed by atoms with Gasteiger partial charge in [0.15, 0.2) is 0 Å². The summed E-state index contributed by atoms with van der Waals surface area (Å²) >= 11 is 0. The molecule has 2 N–H and O–H groups in total. The van der Waals surface area contributed by atoms with Crippen molar-refractivity contribution < 1.29 is 4.79 Å². The summed E-state index contributed by atoms with van der Waals surface area (Å²) in [5.41, 5.74) is 3.43. The molecule has 4 nitrogen and oxygen atoms in total. The van der Waals surface area contributed by atoms with Crippen molar-refractivity contribution in [3.8, 4) is 0 Å². The summed E-state index contributed by atoms with van der Waals surface area (Å²) < 4.78 is 2.10. The van der Waals surface area contributed by atoms with Crippen LogP contribution in [-0.4, -0.2) is 23.6 Å². The van der Waals surface area contributed by atoms with Gasteiger partial charge in [-0.15, -0.1) is 0 Å². The lowest BCUT2D eigenvalue weighted by Crippen LogP contribution is -2.47. The van der Waals surface area contributed by atoms with Crippen LogP contribution < -0.4 is 10.6 Å². The summed E-state index contributed by atoms with van der Waals surface area (Å²) in [7, 11) is 2.01. The van der Waals surface area contributed by atoms with Crippen LogP contribution in [0, 0.1) is 6.92 Å². The van der Waals surface area contributed by atoms with Crippen molar-refractivity contribution in [3.63, 3.8) is 0 Å². The molecule has 1 aromatic carbocycles. The second kappa shape index (κ2) is 4.14. The zero-order chi connectivity index (χ0) is 12.7. The molecule has 1 atom stereocenters. The lowest BCUT2D eigenvalue weighted by atomic mass is 10.1. The van der Waals surface area contributed by atoms with Crippen LogP contribution in [0.2, 0.25) is 0 Å². The molecule has 2 heterocycles. The van der Waals surface area contributed by atoms with Gasteiger partial charge in [-0.2, -0.15) is 0 Å². The predicted octanol–water partition coefficient (Wildman–Crippen LogP) is 1.25. The molecule has 0 saturated carbocycles. The van der Waals surface area contributed by atoms with Crippen LogP contribution in [0.1, 0.15) is 17.3 Å². The second-order valence-electron chi connectivity index (χ2n) is 4.87. The molecule has 3 rings (SSSR count). The van der Waals surface area contributed by atoms with E-state index in [0.29, 0.717) is 6.54 Å². The van der Waals surface area contributed by atoms with Crippen molar-refractivity contribution in [1.29, 1.82) is 0 Å². The highest BCUT2D eigenvalue weighted by Gasteiger charge is 2.26. The molecule has 1 amide bonds. The van der Waals surface area contributed by atoms with Gasteiger partial charge in [-0.25, -0.2) is 0 Å². The number of piperazine rings is 1. The maximum Gasteiger partial charge on any atom is 0.243 e. The Kier molecular flexibility index (Phi) is 2.59. The SMILES string of the molecule is Cc1ccc2cc(C3NCCNC3=O)n(C)c2c1. The van der Waals surface area contributed by atoms with Gasteiger partial charge in [0, 0.05) is 31.3 Å². The number of carbonyl (C=O) groups excluding carboxylic acids is 1. The first kappa shape index (κ1) is 11.3. The summed E-state index contributed by atoms with van der Waals surface area (Å²) in [6.45, 7) is 3.60. The molecule has 0 bridgehead atoms. The molecule has 1 aromatic heterocycles. The number of nitrogens with zero attached hydrogens (tertiary/aromatic N) is 1. The molecular weight excluding hydrogens is 226 g/mol. The first-order valence-corrected chi connectivity index (χ1v) is 6.24. The minimum atomic E-state index is -0.239. The fourth-order valence-corrected chi connectivity index (χ4v) is 2.57. The third-order valence-corrected chi connectivity index (χ3v) is 3.57. The quantitative estimate of drug-likeness (QED) is 0.791. The Balaban J connectivity index is 2.11. The highest BCUT2D eigenvalue weighted by Crippen LogP contribution is 2.25. The third-order valence-electron chi connectivity index (χ3n) is 3.57. The molecule has 0 aliphatic carbocycles. The van der Waals surface area contributed by atoms with E-state index in [1.165, 1.54) is 16.5 Å². The van der Waals surface area contributed by atoms with Gasteiger partial charge >= 0.3 is 0 Å². The fraction of sp³-hybridized carbons (Fsp3) is 0.357. The molecular formula is C14H17N3O. The van der Waals surface area contributed by atoms with E-state index < -0.39 is 0 Å². The van der Waals surface area contributed by atoms with Gasteiger partial charge in [0.25, 0.3) is 0 Å². The number of fused-ring (bicyclic) bond motifs is 1. The zero-order valence-corrected chi connectivity index (χ0v) is 10.7. The van der Waals surface area contributed by atoms with Gasteiger partial charge in [-0.3, -0.25) is 10.1 Å². The number of carbonyl (C=O) groups is 1. The van der Waals surface area contributed by atoms with Gasteiger partial charge in [0.2, 0.25) is 5.91 Å². The Labute approximate surface area is 106 Å². The van der Waals surface area contributed by atoms with E-state index in [1.54, 1.807) is 0 Å². The Hall–Kier alpha value is -1.81. The Morgan fingerprint density at radius 1 is 1.28 bits per heavy atom. The number of benzene rings is 1. The van der Waals surface area contributed by atoms with Crippen molar-refractivity contribution in [1.82, 2.24) is 15.2 Å². The average molecular weight is 243 g/mol. The number of amides is 1. The lowest BCUT2D eigenvalue weighted by molar-refractivity contribution is -0.124. The molecule has 0 spiro atoms. The summed E-state index contributed by atoms with van der Waals surface area (Å²) in [4.78, 5) is 11.9. The lowest BCUT2D eigenvalue weighted by Gasteiger charge is -2.24. The minimum Gasteiger partial charge on any atom is -0.353 e. The van der Waals surface area contributed by atoms with Crippen molar-refractivity contribution in [3.05, 3.63) is 35.5 Å². The highest BCUT2D eigenvalue weighted by atomic mass is 16.2. The number of aromatic nitrogens is 1. The minimum absolute atomic E-state index is 0.0591. The summed E-state index contributed by atoms with van der Waals surface area (Å²) in [6, 6.07) is 8.21. The van der Waals surface area contributed by atoms with E-state index in [9.17, 15) is 4.79 Å². The van der Waals surface area contributed by atoms with Gasteiger partial charge in [-0.1, -0.05) is 12.1 Å². The first-order valence-electron chi connectivity index (χ1n) is 6.24. The van der Waals surface area contributed by atoms with Gasteiger partial charge in [0.05, 0.1) is 0 Å². The smallest absolute Gasteiger partial charge is 0.243 e. The summed E-state index contributed by atoms with van der Waals surface area (Å²) in [5, 5.41) is 7.35. The predicted molar refractivity (Wildman–Crippen MR) is 71.4 cm³/mol. The van der Waals surface area contributed by atoms with Gasteiger partial charge in [0.1, 0.15) is 6.04 Å². The number of hydrogen-bond acceptors (Lipinski definition) is 2. The van der Waals surface area contributed by atoms with Crippen LogP contribution in [0.4, 0.5) is 0 Å². The molecule has 2 aromatic rings. The van der Waals surface area contributed by atoms with E-state index in [1.807, 2.05) is 7.05 Å². The third kappa shape index (κ3) is 1.69. The molecule has 4 heteroatoms. The maximum absolute atomic E-state index is 11.9. The van der Waals surface area contributed by atoms with Crippen LogP contribution in [0.3, 0.4) is 0 Å². The van der Waals surface area contributed by atoms with Crippen molar-refractivity contribution in [2.75, 3.05) is 13.1 Å². The van der Waals surface area contributed by atoms with Crippen LogP contribution >= 0.6 is 0 Å². The van der Waals surface area contributed by atoms with Gasteiger partial charge < -0.3 is 9.88 Å². The van der Waals surface area contributed by atoms with E-state index in [2.05, 4.69) is 46.4 Å². The molecule has 1 saturated heterocycles.